The number of rotatable bonds is 7. The van der Waals surface area contributed by atoms with Crippen LogP contribution in [0.15, 0.2) is 70.9 Å². The second kappa shape index (κ2) is 9.83. The Hall–Kier alpha value is -2.72. The summed E-state index contributed by atoms with van der Waals surface area (Å²) in [6.45, 7) is 1.84. The van der Waals surface area contributed by atoms with Crippen LogP contribution < -0.4 is 9.64 Å². The average Bonchev–Trinajstić information content (AvgIpc) is 3.36. The molecule has 0 aliphatic carbocycles. The molecule has 0 unspecified atom stereocenters. The van der Waals surface area contributed by atoms with Gasteiger partial charge in [0.05, 0.1) is 31.8 Å². The third-order valence-electron chi connectivity index (χ3n) is 5.23. The number of carbonyl (C=O) groups excluding carboxylic acids is 1. The molecule has 32 heavy (non-hydrogen) atoms. The van der Waals surface area contributed by atoms with Crippen molar-refractivity contribution in [2.45, 2.75) is 11.4 Å². The van der Waals surface area contributed by atoms with Gasteiger partial charge in [0.15, 0.2) is 0 Å². The van der Waals surface area contributed by atoms with E-state index in [1.807, 2.05) is 41.8 Å². The standard InChI is InChI=1S/C23H24N2O5S2/c1-29-20-8-6-19(7-9-20)25(17-21-3-2-16-31-21)23(26)18-4-10-22(11-5-18)32(27,28)24-12-14-30-15-13-24/h2-11,16H,12-15,17H2,1H3. The van der Waals surface area contributed by atoms with Gasteiger partial charge in [0.1, 0.15) is 5.75 Å². The van der Waals surface area contributed by atoms with Gasteiger partial charge in [0, 0.05) is 29.2 Å². The summed E-state index contributed by atoms with van der Waals surface area (Å²) in [5, 5.41) is 1.97. The van der Waals surface area contributed by atoms with Crippen LogP contribution in [0.4, 0.5) is 5.69 Å². The highest BCUT2D eigenvalue weighted by molar-refractivity contribution is 7.89. The summed E-state index contributed by atoms with van der Waals surface area (Å²) in [5.74, 6) is 0.494. The number of hydrogen-bond donors (Lipinski definition) is 0. The first-order valence-corrected chi connectivity index (χ1v) is 12.5. The van der Waals surface area contributed by atoms with Crippen LogP contribution in [0.1, 0.15) is 15.2 Å². The topological polar surface area (TPSA) is 76.2 Å². The average molecular weight is 473 g/mol. The van der Waals surface area contributed by atoms with Crippen molar-refractivity contribution in [1.82, 2.24) is 4.31 Å². The number of ether oxygens (including phenoxy) is 2. The van der Waals surface area contributed by atoms with Gasteiger partial charge in [-0.1, -0.05) is 6.07 Å². The molecule has 0 saturated carbocycles. The summed E-state index contributed by atoms with van der Waals surface area (Å²) < 4.78 is 37.6. The number of methoxy groups -OCH3 is 1. The van der Waals surface area contributed by atoms with E-state index in [0.29, 0.717) is 44.2 Å². The van der Waals surface area contributed by atoms with E-state index in [-0.39, 0.29) is 10.8 Å². The number of thiophene rings is 1. The van der Waals surface area contributed by atoms with Crippen LogP contribution in [-0.4, -0.2) is 52.0 Å². The highest BCUT2D eigenvalue weighted by Gasteiger charge is 2.27. The Balaban J connectivity index is 1.60. The Morgan fingerprint density at radius 1 is 1.06 bits per heavy atom. The zero-order chi connectivity index (χ0) is 22.6. The summed E-state index contributed by atoms with van der Waals surface area (Å²) in [6.07, 6.45) is 0. The summed E-state index contributed by atoms with van der Waals surface area (Å²) in [6, 6.07) is 17.3. The lowest BCUT2D eigenvalue weighted by molar-refractivity contribution is 0.0730. The minimum Gasteiger partial charge on any atom is -0.497 e. The maximum atomic E-state index is 13.4. The van der Waals surface area contributed by atoms with Crippen molar-refractivity contribution < 1.29 is 22.7 Å². The van der Waals surface area contributed by atoms with Crippen LogP contribution in [0.2, 0.25) is 0 Å². The van der Waals surface area contributed by atoms with Gasteiger partial charge in [-0.25, -0.2) is 8.42 Å². The number of anilines is 1. The summed E-state index contributed by atoms with van der Waals surface area (Å²) in [7, 11) is -2.02. The molecular weight excluding hydrogens is 448 g/mol. The lowest BCUT2D eigenvalue weighted by atomic mass is 10.1. The Labute approximate surface area is 191 Å². The molecule has 4 rings (SSSR count). The third kappa shape index (κ3) is 4.86. The van der Waals surface area contributed by atoms with Crippen molar-refractivity contribution in [1.29, 1.82) is 0 Å². The van der Waals surface area contributed by atoms with Gasteiger partial charge in [-0.05, 0) is 60.0 Å². The van der Waals surface area contributed by atoms with E-state index in [2.05, 4.69) is 0 Å². The molecule has 7 nitrogen and oxygen atoms in total. The molecule has 0 N–H and O–H groups in total. The predicted molar refractivity (Wildman–Crippen MR) is 124 cm³/mol. The minimum atomic E-state index is -3.61. The monoisotopic (exact) mass is 472 g/mol. The minimum absolute atomic E-state index is 0.171. The maximum Gasteiger partial charge on any atom is 0.258 e. The van der Waals surface area contributed by atoms with E-state index < -0.39 is 10.0 Å². The first kappa shape index (κ1) is 22.5. The first-order valence-electron chi connectivity index (χ1n) is 10.2. The smallest absolute Gasteiger partial charge is 0.258 e. The molecule has 1 aromatic heterocycles. The fraction of sp³-hybridized carbons (Fsp3) is 0.261. The van der Waals surface area contributed by atoms with E-state index in [0.717, 1.165) is 10.6 Å². The molecule has 1 saturated heterocycles. The maximum absolute atomic E-state index is 13.4. The summed E-state index contributed by atoms with van der Waals surface area (Å²) in [5.41, 5.74) is 1.15. The molecule has 1 amide bonds. The lowest BCUT2D eigenvalue weighted by Gasteiger charge is -2.26. The van der Waals surface area contributed by atoms with Gasteiger partial charge in [-0.2, -0.15) is 4.31 Å². The van der Waals surface area contributed by atoms with Gasteiger partial charge in [-0.3, -0.25) is 4.79 Å². The van der Waals surface area contributed by atoms with Crippen LogP contribution in [0.5, 0.6) is 5.75 Å². The van der Waals surface area contributed by atoms with E-state index in [4.69, 9.17) is 9.47 Å². The van der Waals surface area contributed by atoms with Crippen LogP contribution >= 0.6 is 11.3 Å². The van der Waals surface area contributed by atoms with Gasteiger partial charge in [0.25, 0.3) is 5.91 Å². The van der Waals surface area contributed by atoms with Crippen molar-refractivity contribution in [2.24, 2.45) is 0 Å². The predicted octanol–water partition coefficient (Wildman–Crippen LogP) is 3.62. The Morgan fingerprint density at radius 3 is 2.34 bits per heavy atom. The fourth-order valence-corrected chi connectivity index (χ4v) is 5.56. The number of carbonyl (C=O) groups is 1. The van der Waals surface area contributed by atoms with Crippen molar-refractivity contribution in [3.05, 3.63) is 76.5 Å². The molecule has 0 bridgehead atoms. The summed E-state index contributed by atoms with van der Waals surface area (Å²) >= 11 is 1.57. The van der Waals surface area contributed by atoms with Gasteiger partial charge in [0.2, 0.25) is 10.0 Å². The van der Waals surface area contributed by atoms with E-state index in [1.54, 1.807) is 35.5 Å². The van der Waals surface area contributed by atoms with E-state index >= 15 is 0 Å². The number of sulfonamides is 1. The number of amides is 1. The number of benzene rings is 2. The normalized spacial score (nSPS) is 14.8. The zero-order valence-electron chi connectivity index (χ0n) is 17.6. The molecule has 0 spiro atoms. The molecule has 0 radical (unpaired) electrons. The van der Waals surface area contributed by atoms with Gasteiger partial charge < -0.3 is 14.4 Å². The Kier molecular flexibility index (Phi) is 6.90. The fourth-order valence-electron chi connectivity index (χ4n) is 3.46. The lowest BCUT2D eigenvalue weighted by Crippen LogP contribution is -2.40. The van der Waals surface area contributed by atoms with Gasteiger partial charge in [-0.15, -0.1) is 11.3 Å². The molecule has 168 valence electrons. The molecule has 9 heteroatoms. The van der Waals surface area contributed by atoms with Crippen LogP contribution in [0, 0.1) is 0 Å². The molecule has 1 fully saturated rings. The van der Waals surface area contributed by atoms with Crippen molar-refractivity contribution >= 4 is 33.0 Å². The molecule has 0 atom stereocenters. The highest BCUT2D eigenvalue weighted by atomic mass is 32.2. The second-order valence-electron chi connectivity index (χ2n) is 7.21. The number of nitrogens with zero attached hydrogens (tertiary/aromatic N) is 2. The Morgan fingerprint density at radius 2 is 1.75 bits per heavy atom. The van der Waals surface area contributed by atoms with Crippen LogP contribution in [-0.2, 0) is 21.3 Å². The third-order valence-corrected chi connectivity index (χ3v) is 8.01. The first-order chi connectivity index (χ1) is 15.5. The molecule has 1 aliphatic rings. The molecular formula is C23H24N2O5S2. The molecule has 3 aromatic rings. The van der Waals surface area contributed by atoms with Crippen molar-refractivity contribution in [3.8, 4) is 5.75 Å². The van der Waals surface area contributed by atoms with Crippen molar-refractivity contribution in [2.75, 3.05) is 38.3 Å². The van der Waals surface area contributed by atoms with Crippen LogP contribution in [0.3, 0.4) is 0 Å². The van der Waals surface area contributed by atoms with Crippen LogP contribution in [0.25, 0.3) is 0 Å². The number of morpholine rings is 1. The zero-order valence-corrected chi connectivity index (χ0v) is 19.3. The van der Waals surface area contributed by atoms with Gasteiger partial charge >= 0.3 is 0 Å². The molecule has 2 aromatic carbocycles. The van der Waals surface area contributed by atoms with Crippen molar-refractivity contribution in [3.63, 3.8) is 0 Å². The second-order valence-corrected chi connectivity index (χ2v) is 10.2. The summed E-state index contributed by atoms with van der Waals surface area (Å²) in [4.78, 5) is 16.3. The van der Waals surface area contributed by atoms with E-state index in [1.165, 1.54) is 16.4 Å². The highest BCUT2D eigenvalue weighted by Crippen LogP contribution is 2.25. The number of hydrogen-bond acceptors (Lipinski definition) is 6. The Bertz CT molecular complexity index is 1140. The SMILES string of the molecule is COc1ccc(N(Cc2cccs2)C(=O)c2ccc(S(=O)(=O)N3CCOCC3)cc2)cc1. The quantitative estimate of drug-likeness (QED) is 0.525. The molecule has 1 aliphatic heterocycles. The molecule has 2 heterocycles. The van der Waals surface area contributed by atoms with E-state index in [9.17, 15) is 13.2 Å². The largest absolute Gasteiger partial charge is 0.497 e.